The van der Waals surface area contributed by atoms with Gasteiger partial charge in [-0.15, -0.1) is 0 Å². The molecule has 0 bridgehead atoms. The van der Waals surface area contributed by atoms with Gasteiger partial charge in [0.25, 0.3) is 0 Å². The monoisotopic (exact) mass is 247 g/mol. The van der Waals surface area contributed by atoms with E-state index in [-0.39, 0.29) is 0 Å². The van der Waals surface area contributed by atoms with Crippen molar-refractivity contribution in [2.24, 2.45) is 0 Å². The number of halogens is 1. The number of rotatable bonds is 5. The second-order valence-corrected chi connectivity index (χ2v) is 4.10. The van der Waals surface area contributed by atoms with Crippen LogP contribution in [0.4, 0.5) is 0 Å². The predicted molar refractivity (Wildman–Crippen MR) is 70.9 cm³/mol. The highest BCUT2D eigenvalue weighted by molar-refractivity contribution is 6.30. The number of hydrogen-bond acceptors (Lipinski definition) is 2. The van der Waals surface area contributed by atoms with Crippen molar-refractivity contribution in [3.8, 4) is 0 Å². The molecule has 2 nitrogen and oxygen atoms in total. The van der Waals surface area contributed by atoms with E-state index >= 15 is 0 Å². The van der Waals surface area contributed by atoms with Crippen molar-refractivity contribution in [3.63, 3.8) is 0 Å². The highest BCUT2D eigenvalue weighted by Gasteiger charge is 1.92. The summed E-state index contributed by atoms with van der Waals surface area (Å²) < 4.78 is 5.21. The minimum Gasteiger partial charge on any atom is -0.468 e. The van der Waals surface area contributed by atoms with Crippen molar-refractivity contribution < 1.29 is 4.42 Å². The maximum atomic E-state index is 5.81. The summed E-state index contributed by atoms with van der Waals surface area (Å²) in [5.74, 6) is 0.949. The standard InChI is InChI=1S/C14H14ClNO/c15-13-7-5-12(6-8-13)3-1-9-16-11-14-4-2-10-17-14/h1-8,10,16H,9,11H2. The van der Waals surface area contributed by atoms with Gasteiger partial charge in [0, 0.05) is 11.6 Å². The lowest BCUT2D eigenvalue weighted by molar-refractivity contribution is 0.490. The molecule has 0 aliphatic rings. The molecule has 0 saturated heterocycles. The van der Waals surface area contributed by atoms with E-state index in [0.29, 0.717) is 0 Å². The van der Waals surface area contributed by atoms with Crippen LogP contribution >= 0.6 is 11.6 Å². The Morgan fingerprint density at radius 1 is 1.18 bits per heavy atom. The molecular weight excluding hydrogens is 234 g/mol. The molecule has 17 heavy (non-hydrogen) atoms. The summed E-state index contributed by atoms with van der Waals surface area (Å²) in [5, 5.41) is 4.02. The molecule has 0 fully saturated rings. The van der Waals surface area contributed by atoms with Crippen molar-refractivity contribution >= 4 is 17.7 Å². The minimum atomic E-state index is 0.748. The summed E-state index contributed by atoms with van der Waals surface area (Å²) in [5.41, 5.74) is 1.15. The Morgan fingerprint density at radius 3 is 2.71 bits per heavy atom. The zero-order valence-electron chi connectivity index (χ0n) is 9.40. The van der Waals surface area contributed by atoms with E-state index in [2.05, 4.69) is 17.5 Å². The van der Waals surface area contributed by atoms with Crippen LogP contribution in [0.25, 0.3) is 6.08 Å². The van der Waals surface area contributed by atoms with Crippen molar-refractivity contribution in [2.75, 3.05) is 6.54 Å². The summed E-state index contributed by atoms with van der Waals surface area (Å²) >= 11 is 5.81. The van der Waals surface area contributed by atoms with Gasteiger partial charge in [-0.2, -0.15) is 0 Å². The fourth-order valence-corrected chi connectivity index (χ4v) is 1.59. The van der Waals surface area contributed by atoms with E-state index in [4.69, 9.17) is 16.0 Å². The SMILES string of the molecule is Clc1ccc(C=CCNCc2ccco2)cc1. The largest absolute Gasteiger partial charge is 0.468 e. The van der Waals surface area contributed by atoms with Gasteiger partial charge >= 0.3 is 0 Å². The third kappa shape index (κ3) is 4.10. The Labute approximate surface area is 106 Å². The summed E-state index contributed by atoms with van der Waals surface area (Å²) in [6, 6.07) is 11.6. The molecule has 0 radical (unpaired) electrons. The predicted octanol–water partition coefficient (Wildman–Crippen LogP) is 3.74. The van der Waals surface area contributed by atoms with Crippen molar-refractivity contribution in [1.29, 1.82) is 0 Å². The van der Waals surface area contributed by atoms with Gasteiger partial charge in [-0.3, -0.25) is 0 Å². The Kier molecular flexibility index (Phi) is 4.42. The van der Waals surface area contributed by atoms with Gasteiger partial charge in [-0.25, -0.2) is 0 Å². The second kappa shape index (κ2) is 6.28. The van der Waals surface area contributed by atoms with E-state index in [1.807, 2.05) is 36.4 Å². The van der Waals surface area contributed by atoms with E-state index < -0.39 is 0 Å². The molecule has 0 amide bonds. The van der Waals surface area contributed by atoms with Gasteiger partial charge in [0.2, 0.25) is 0 Å². The lowest BCUT2D eigenvalue weighted by atomic mass is 10.2. The molecule has 1 aromatic heterocycles. The molecule has 0 atom stereocenters. The van der Waals surface area contributed by atoms with Crippen molar-refractivity contribution in [2.45, 2.75) is 6.54 Å². The average molecular weight is 248 g/mol. The number of benzene rings is 1. The molecular formula is C14H14ClNO. The fraction of sp³-hybridized carbons (Fsp3) is 0.143. The molecule has 3 heteroatoms. The molecule has 1 N–H and O–H groups in total. The number of hydrogen-bond donors (Lipinski definition) is 1. The summed E-state index contributed by atoms with van der Waals surface area (Å²) in [7, 11) is 0. The molecule has 88 valence electrons. The third-order valence-electron chi connectivity index (χ3n) is 2.32. The molecule has 0 aliphatic carbocycles. The number of furan rings is 1. The van der Waals surface area contributed by atoms with Gasteiger partial charge in [-0.1, -0.05) is 35.9 Å². The van der Waals surface area contributed by atoms with Crippen LogP contribution < -0.4 is 5.32 Å². The molecule has 1 heterocycles. The van der Waals surface area contributed by atoms with E-state index in [1.165, 1.54) is 0 Å². The second-order valence-electron chi connectivity index (χ2n) is 3.66. The lowest BCUT2D eigenvalue weighted by Gasteiger charge is -1.97. The smallest absolute Gasteiger partial charge is 0.117 e. The van der Waals surface area contributed by atoms with Crippen LogP contribution in [-0.4, -0.2) is 6.54 Å². The Hall–Kier alpha value is -1.51. The highest BCUT2D eigenvalue weighted by Crippen LogP contribution is 2.10. The van der Waals surface area contributed by atoms with Crippen LogP contribution in [0.1, 0.15) is 11.3 Å². The van der Waals surface area contributed by atoms with Crippen LogP contribution in [0.5, 0.6) is 0 Å². The zero-order valence-corrected chi connectivity index (χ0v) is 10.2. The van der Waals surface area contributed by atoms with Crippen LogP contribution in [0.2, 0.25) is 5.02 Å². The quantitative estimate of drug-likeness (QED) is 0.815. The lowest BCUT2D eigenvalue weighted by Crippen LogP contribution is -2.11. The summed E-state index contributed by atoms with van der Waals surface area (Å²) in [6.45, 7) is 1.56. The van der Waals surface area contributed by atoms with Gasteiger partial charge < -0.3 is 9.73 Å². The highest BCUT2D eigenvalue weighted by atomic mass is 35.5. The average Bonchev–Trinajstić information content (AvgIpc) is 2.84. The normalized spacial score (nSPS) is 11.1. The molecule has 1 aromatic carbocycles. The molecule has 0 aliphatic heterocycles. The molecule has 2 rings (SSSR count). The van der Waals surface area contributed by atoms with Crippen molar-refractivity contribution in [1.82, 2.24) is 5.32 Å². The first-order valence-electron chi connectivity index (χ1n) is 5.50. The molecule has 0 spiro atoms. The Balaban J connectivity index is 1.73. The first kappa shape index (κ1) is 12.0. The van der Waals surface area contributed by atoms with Crippen LogP contribution in [0.3, 0.4) is 0 Å². The topological polar surface area (TPSA) is 25.2 Å². The van der Waals surface area contributed by atoms with E-state index in [0.717, 1.165) is 29.4 Å². The van der Waals surface area contributed by atoms with Gasteiger partial charge in [-0.05, 0) is 29.8 Å². The maximum absolute atomic E-state index is 5.81. The van der Waals surface area contributed by atoms with Crippen LogP contribution in [-0.2, 0) is 6.54 Å². The van der Waals surface area contributed by atoms with Gasteiger partial charge in [0.1, 0.15) is 5.76 Å². The Bertz CT molecular complexity index is 459. The van der Waals surface area contributed by atoms with Crippen molar-refractivity contribution in [3.05, 3.63) is 65.1 Å². The van der Waals surface area contributed by atoms with Crippen LogP contribution in [0.15, 0.2) is 53.2 Å². The fourth-order valence-electron chi connectivity index (χ4n) is 1.46. The first-order valence-corrected chi connectivity index (χ1v) is 5.87. The number of nitrogens with one attached hydrogen (secondary N) is 1. The van der Waals surface area contributed by atoms with Gasteiger partial charge in [0.05, 0.1) is 12.8 Å². The first-order chi connectivity index (χ1) is 8.34. The summed E-state index contributed by atoms with van der Waals surface area (Å²) in [4.78, 5) is 0. The molecule has 0 saturated carbocycles. The molecule has 0 unspecified atom stereocenters. The van der Waals surface area contributed by atoms with Crippen LogP contribution in [0, 0.1) is 0 Å². The molecule has 2 aromatic rings. The van der Waals surface area contributed by atoms with E-state index in [9.17, 15) is 0 Å². The zero-order chi connectivity index (χ0) is 11.9. The maximum Gasteiger partial charge on any atom is 0.117 e. The summed E-state index contributed by atoms with van der Waals surface area (Å²) in [6.07, 6.45) is 5.82. The third-order valence-corrected chi connectivity index (χ3v) is 2.57. The van der Waals surface area contributed by atoms with E-state index in [1.54, 1.807) is 6.26 Å². The van der Waals surface area contributed by atoms with Gasteiger partial charge in [0.15, 0.2) is 0 Å². The minimum absolute atomic E-state index is 0.748. The Morgan fingerprint density at radius 2 is 2.00 bits per heavy atom.